The highest BCUT2D eigenvalue weighted by Crippen LogP contribution is 2.23. The predicted octanol–water partition coefficient (Wildman–Crippen LogP) is 3.40. The number of para-hydroxylation sites is 1. The van der Waals surface area contributed by atoms with Gasteiger partial charge in [-0.3, -0.25) is 4.79 Å². The van der Waals surface area contributed by atoms with Crippen molar-refractivity contribution in [3.8, 4) is 11.5 Å². The molecule has 0 atom stereocenters. The van der Waals surface area contributed by atoms with E-state index in [4.69, 9.17) is 4.74 Å². The topological polar surface area (TPSA) is 70.6 Å². The van der Waals surface area contributed by atoms with Gasteiger partial charge in [-0.2, -0.15) is 0 Å². The number of anilines is 2. The lowest BCUT2D eigenvalue weighted by Gasteiger charge is -2.32. The molecule has 4 rings (SSSR count). The molecule has 2 aromatic carbocycles. The predicted molar refractivity (Wildman–Crippen MR) is 112 cm³/mol. The molecular formula is C22H23N5O2. The third kappa shape index (κ3) is 4.89. The first kappa shape index (κ1) is 18.9. The summed E-state index contributed by atoms with van der Waals surface area (Å²) in [5, 5.41) is 3.14. The first-order valence-corrected chi connectivity index (χ1v) is 9.57. The maximum Gasteiger partial charge on any atom is 0.257 e. The number of likely N-dealkylation sites (N-methyl/N-ethyl adjacent to an activating group) is 1. The fourth-order valence-corrected chi connectivity index (χ4v) is 3.06. The molecule has 7 nitrogen and oxygen atoms in total. The summed E-state index contributed by atoms with van der Waals surface area (Å²) in [6.07, 6.45) is 3.14. The van der Waals surface area contributed by atoms with Gasteiger partial charge in [-0.15, -0.1) is 0 Å². The van der Waals surface area contributed by atoms with Gasteiger partial charge in [-0.25, -0.2) is 9.97 Å². The van der Waals surface area contributed by atoms with E-state index in [0.717, 1.165) is 43.4 Å². The number of carbonyl (C=O) groups excluding carboxylic acids is 1. The molecule has 0 spiro atoms. The van der Waals surface area contributed by atoms with Gasteiger partial charge in [0.2, 0.25) is 5.95 Å². The third-order valence-electron chi connectivity index (χ3n) is 4.78. The standard InChI is InChI=1S/C22H23N5O2/c1-26-11-13-27(14-12-26)21(28)17-15-23-22(24-16-17)25-18-7-9-20(10-8-18)29-19-5-3-2-4-6-19/h2-10,15-16H,11-14H2,1H3,(H,23,24,25). The molecule has 0 aliphatic carbocycles. The van der Waals surface area contributed by atoms with E-state index in [1.165, 1.54) is 0 Å². The monoisotopic (exact) mass is 389 g/mol. The minimum atomic E-state index is -0.0212. The fourth-order valence-electron chi connectivity index (χ4n) is 3.06. The Hall–Kier alpha value is -3.45. The lowest BCUT2D eigenvalue weighted by Crippen LogP contribution is -2.47. The minimum absolute atomic E-state index is 0.0212. The van der Waals surface area contributed by atoms with Gasteiger partial charge in [-0.05, 0) is 43.4 Å². The van der Waals surface area contributed by atoms with E-state index in [9.17, 15) is 4.79 Å². The molecule has 0 bridgehead atoms. The molecule has 1 fully saturated rings. The summed E-state index contributed by atoms with van der Waals surface area (Å²) < 4.78 is 5.79. The summed E-state index contributed by atoms with van der Waals surface area (Å²) in [5.74, 6) is 1.96. The highest BCUT2D eigenvalue weighted by atomic mass is 16.5. The first-order valence-electron chi connectivity index (χ1n) is 9.57. The van der Waals surface area contributed by atoms with Crippen molar-refractivity contribution in [2.45, 2.75) is 0 Å². The zero-order valence-corrected chi connectivity index (χ0v) is 16.3. The second-order valence-corrected chi connectivity index (χ2v) is 6.96. The van der Waals surface area contributed by atoms with Crippen LogP contribution in [0.15, 0.2) is 67.0 Å². The smallest absolute Gasteiger partial charge is 0.257 e. The highest BCUT2D eigenvalue weighted by molar-refractivity contribution is 5.93. The number of aromatic nitrogens is 2. The van der Waals surface area contributed by atoms with Crippen LogP contribution in [0.25, 0.3) is 0 Å². The molecule has 148 valence electrons. The van der Waals surface area contributed by atoms with E-state index in [-0.39, 0.29) is 5.91 Å². The number of hydrogen-bond acceptors (Lipinski definition) is 6. The van der Waals surface area contributed by atoms with Crippen molar-refractivity contribution in [3.05, 3.63) is 72.6 Å². The first-order chi connectivity index (χ1) is 14.2. The van der Waals surface area contributed by atoms with Crippen LogP contribution in [-0.4, -0.2) is 58.9 Å². The lowest BCUT2D eigenvalue weighted by atomic mass is 10.2. The number of benzene rings is 2. The van der Waals surface area contributed by atoms with Gasteiger partial charge >= 0.3 is 0 Å². The zero-order chi connectivity index (χ0) is 20.1. The molecule has 2 heterocycles. The summed E-state index contributed by atoms with van der Waals surface area (Å²) in [4.78, 5) is 25.2. The van der Waals surface area contributed by atoms with Gasteiger partial charge < -0.3 is 19.9 Å². The number of ether oxygens (including phenoxy) is 1. The Kier molecular flexibility index (Phi) is 5.67. The van der Waals surface area contributed by atoms with E-state index in [2.05, 4.69) is 27.2 Å². The average Bonchev–Trinajstić information content (AvgIpc) is 2.76. The molecular weight excluding hydrogens is 366 g/mol. The molecule has 1 N–H and O–H groups in total. The van der Waals surface area contributed by atoms with Crippen molar-refractivity contribution in [2.75, 3.05) is 38.5 Å². The van der Waals surface area contributed by atoms with Crippen LogP contribution in [0.5, 0.6) is 11.5 Å². The van der Waals surface area contributed by atoms with Crippen LogP contribution in [0.4, 0.5) is 11.6 Å². The van der Waals surface area contributed by atoms with Crippen molar-refractivity contribution in [1.82, 2.24) is 19.8 Å². The van der Waals surface area contributed by atoms with Crippen molar-refractivity contribution >= 4 is 17.5 Å². The number of piperazine rings is 1. The summed E-state index contributed by atoms with van der Waals surface area (Å²) >= 11 is 0. The minimum Gasteiger partial charge on any atom is -0.457 e. The fraction of sp³-hybridized carbons (Fsp3) is 0.227. The zero-order valence-electron chi connectivity index (χ0n) is 16.3. The number of nitrogens with zero attached hydrogens (tertiary/aromatic N) is 4. The van der Waals surface area contributed by atoms with Gasteiger partial charge in [0, 0.05) is 44.3 Å². The Labute approximate surface area is 170 Å². The van der Waals surface area contributed by atoms with Crippen LogP contribution in [0.2, 0.25) is 0 Å². The summed E-state index contributed by atoms with van der Waals surface area (Å²) in [7, 11) is 2.06. The summed E-state index contributed by atoms with van der Waals surface area (Å²) in [5.41, 5.74) is 1.34. The Balaban J connectivity index is 1.35. The van der Waals surface area contributed by atoms with Crippen LogP contribution in [0.3, 0.4) is 0 Å². The normalized spacial score (nSPS) is 14.4. The number of carbonyl (C=O) groups is 1. The second-order valence-electron chi connectivity index (χ2n) is 6.96. The quantitative estimate of drug-likeness (QED) is 0.721. The van der Waals surface area contributed by atoms with Crippen LogP contribution in [-0.2, 0) is 0 Å². The van der Waals surface area contributed by atoms with E-state index >= 15 is 0 Å². The SMILES string of the molecule is CN1CCN(C(=O)c2cnc(Nc3ccc(Oc4ccccc4)cc3)nc2)CC1. The van der Waals surface area contributed by atoms with Gasteiger partial charge in [0.25, 0.3) is 5.91 Å². The Morgan fingerprint density at radius 1 is 0.897 bits per heavy atom. The third-order valence-corrected chi connectivity index (χ3v) is 4.78. The molecule has 0 unspecified atom stereocenters. The van der Waals surface area contributed by atoms with E-state index in [1.807, 2.05) is 59.5 Å². The van der Waals surface area contributed by atoms with E-state index in [0.29, 0.717) is 11.5 Å². The van der Waals surface area contributed by atoms with Crippen LogP contribution < -0.4 is 10.1 Å². The molecule has 29 heavy (non-hydrogen) atoms. The van der Waals surface area contributed by atoms with Crippen LogP contribution >= 0.6 is 0 Å². The number of amides is 1. The largest absolute Gasteiger partial charge is 0.457 e. The van der Waals surface area contributed by atoms with Crippen molar-refractivity contribution in [3.63, 3.8) is 0 Å². The van der Waals surface area contributed by atoms with Gasteiger partial charge in [0.15, 0.2) is 0 Å². The number of rotatable bonds is 5. The van der Waals surface area contributed by atoms with Crippen LogP contribution in [0, 0.1) is 0 Å². The highest BCUT2D eigenvalue weighted by Gasteiger charge is 2.20. The van der Waals surface area contributed by atoms with E-state index < -0.39 is 0 Å². The van der Waals surface area contributed by atoms with Crippen LogP contribution in [0.1, 0.15) is 10.4 Å². The molecule has 1 aliphatic rings. The molecule has 1 aliphatic heterocycles. The Morgan fingerprint density at radius 3 is 2.17 bits per heavy atom. The molecule has 1 saturated heterocycles. The molecule has 1 amide bonds. The number of hydrogen-bond donors (Lipinski definition) is 1. The molecule has 1 aromatic heterocycles. The van der Waals surface area contributed by atoms with E-state index in [1.54, 1.807) is 12.4 Å². The maximum atomic E-state index is 12.6. The molecule has 3 aromatic rings. The molecule has 7 heteroatoms. The Morgan fingerprint density at radius 2 is 1.52 bits per heavy atom. The van der Waals surface area contributed by atoms with Gasteiger partial charge in [0.05, 0.1) is 5.56 Å². The van der Waals surface area contributed by atoms with Crippen molar-refractivity contribution < 1.29 is 9.53 Å². The van der Waals surface area contributed by atoms with Crippen molar-refractivity contribution in [2.24, 2.45) is 0 Å². The second kappa shape index (κ2) is 8.70. The molecule has 0 radical (unpaired) electrons. The summed E-state index contributed by atoms with van der Waals surface area (Å²) in [6, 6.07) is 17.2. The van der Waals surface area contributed by atoms with Crippen molar-refractivity contribution in [1.29, 1.82) is 0 Å². The summed E-state index contributed by atoms with van der Waals surface area (Å²) in [6.45, 7) is 3.23. The van der Waals surface area contributed by atoms with Gasteiger partial charge in [-0.1, -0.05) is 18.2 Å². The Bertz CT molecular complexity index is 937. The number of nitrogens with one attached hydrogen (secondary N) is 1. The molecule has 0 saturated carbocycles. The average molecular weight is 389 g/mol. The lowest BCUT2D eigenvalue weighted by molar-refractivity contribution is 0.0663. The van der Waals surface area contributed by atoms with Gasteiger partial charge in [0.1, 0.15) is 11.5 Å². The maximum absolute atomic E-state index is 12.6.